The van der Waals surface area contributed by atoms with Crippen molar-refractivity contribution in [2.75, 3.05) is 6.54 Å². The van der Waals surface area contributed by atoms with Crippen LogP contribution in [-0.4, -0.2) is 12.5 Å². The van der Waals surface area contributed by atoms with Gasteiger partial charge in [-0.1, -0.05) is 13.3 Å². The Morgan fingerprint density at radius 2 is 2.38 bits per heavy atom. The average Bonchev–Trinajstić information content (AvgIpc) is 2.52. The lowest BCUT2D eigenvalue weighted by atomic mass is 10.3. The van der Waals surface area contributed by atoms with E-state index in [0.29, 0.717) is 0 Å². The van der Waals surface area contributed by atoms with Crippen molar-refractivity contribution in [3.05, 3.63) is 21.9 Å². The third-order valence-electron chi connectivity index (χ3n) is 1.81. The molecular weight excluding hydrogens is 182 g/mol. The molecular formula is C10H15NOS. The quantitative estimate of drug-likeness (QED) is 0.738. The number of carbonyl (C=O) groups is 1. The highest BCUT2D eigenvalue weighted by Crippen LogP contribution is 2.12. The summed E-state index contributed by atoms with van der Waals surface area (Å²) in [5.74, 6) is 0.0535. The Labute approximate surface area is 83.0 Å². The highest BCUT2D eigenvalue weighted by Gasteiger charge is 2.05. The van der Waals surface area contributed by atoms with E-state index in [-0.39, 0.29) is 5.91 Å². The van der Waals surface area contributed by atoms with Crippen LogP contribution in [0.4, 0.5) is 0 Å². The highest BCUT2D eigenvalue weighted by atomic mass is 32.1. The van der Waals surface area contributed by atoms with Crippen LogP contribution in [-0.2, 0) is 0 Å². The summed E-state index contributed by atoms with van der Waals surface area (Å²) in [5.41, 5.74) is 0.790. The van der Waals surface area contributed by atoms with Gasteiger partial charge < -0.3 is 5.32 Å². The van der Waals surface area contributed by atoms with Crippen molar-refractivity contribution in [2.45, 2.75) is 26.7 Å². The Hall–Kier alpha value is -0.830. The zero-order valence-electron chi connectivity index (χ0n) is 8.09. The largest absolute Gasteiger partial charge is 0.352 e. The number of carbonyl (C=O) groups excluding carboxylic acids is 1. The molecule has 0 saturated carbocycles. The fourth-order valence-corrected chi connectivity index (χ4v) is 1.73. The van der Waals surface area contributed by atoms with Gasteiger partial charge in [0.2, 0.25) is 0 Å². The molecule has 0 bridgehead atoms. The molecule has 0 aliphatic carbocycles. The molecule has 0 aromatic carbocycles. The predicted molar refractivity (Wildman–Crippen MR) is 56.3 cm³/mol. The molecule has 1 aromatic rings. The third kappa shape index (κ3) is 3.19. The van der Waals surface area contributed by atoms with Gasteiger partial charge in [0.25, 0.3) is 5.91 Å². The monoisotopic (exact) mass is 197 g/mol. The molecule has 1 heterocycles. The molecule has 1 aromatic heterocycles. The molecule has 0 aliphatic rings. The van der Waals surface area contributed by atoms with E-state index in [9.17, 15) is 4.79 Å². The standard InChI is InChI=1S/C10H15NOS/c1-3-4-5-11-10(12)9-6-8(2)13-7-9/h6-7H,3-5H2,1-2H3,(H,11,12). The maximum absolute atomic E-state index is 11.4. The van der Waals surface area contributed by atoms with E-state index >= 15 is 0 Å². The van der Waals surface area contributed by atoms with E-state index in [2.05, 4.69) is 12.2 Å². The van der Waals surface area contributed by atoms with Crippen LogP contribution in [0, 0.1) is 6.92 Å². The van der Waals surface area contributed by atoms with Gasteiger partial charge in [-0.2, -0.15) is 0 Å². The molecule has 0 radical (unpaired) electrons. The fourth-order valence-electron chi connectivity index (χ4n) is 1.04. The van der Waals surface area contributed by atoms with Crippen molar-refractivity contribution in [2.24, 2.45) is 0 Å². The zero-order valence-corrected chi connectivity index (χ0v) is 8.91. The van der Waals surface area contributed by atoms with E-state index in [0.717, 1.165) is 24.9 Å². The van der Waals surface area contributed by atoms with Crippen LogP contribution in [0.5, 0.6) is 0 Å². The topological polar surface area (TPSA) is 29.1 Å². The predicted octanol–water partition coefficient (Wildman–Crippen LogP) is 2.59. The molecule has 2 nitrogen and oxygen atoms in total. The molecule has 1 amide bonds. The summed E-state index contributed by atoms with van der Waals surface area (Å²) in [4.78, 5) is 12.6. The van der Waals surface area contributed by atoms with E-state index in [1.165, 1.54) is 4.88 Å². The van der Waals surface area contributed by atoms with Crippen LogP contribution in [0.2, 0.25) is 0 Å². The fraction of sp³-hybridized carbons (Fsp3) is 0.500. The van der Waals surface area contributed by atoms with Gasteiger partial charge in [0.15, 0.2) is 0 Å². The van der Waals surface area contributed by atoms with E-state index < -0.39 is 0 Å². The molecule has 72 valence electrons. The van der Waals surface area contributed by atoms with Gasteiger partial charge in [-0.3, -0.25) is 4.79 Å². The van der Waals surface area contributed by atoms with Crippen LogP contribution in [0.1, 0.15) is 35.0 Å². The van der Waals surface area contributed by atoms with Crippen molar-refractivity contribution in [3.8, 4) is 0 Å². The summed E-state index contributed by atoms with van der Waals surface area (Å²) in [6, 6.07) is 1.92. The van der Waals surface area contributed by atoms with E-state index in [1.54, 1.807) is 11.3 Å². The second-order valence-electron chi connectivity index (χ2n) is 3.06. The van der Waals surface area contributed by atoms with Gasteiger partial charge in [-0.25, -0.2) is 0 Å². The SMILES string of the molecule is CCCCNC(=O)c1csc(C)c1. The summed E-state index contributed by atoms with van der Waals surface area (Å²) >= 11 is 1.61. The summed E-state index contributed by atoms with van der Waals surface area (Å²) in [5, 5.41) is 4.78. The van der Waals surface area contributed by atoms with E-state index in [1.807, 2.05) is 18.4 Å². The second kappa shape index (κ2) is 5.02. The molecule has 1 rings (SSSR count). The Balaban J connectivity index is 2.40. The lowest BCUT2D eigenvalue weighted by molar-refractivity contribution is 0.0953. The maximum atomic E-state index is 11.4. The Kier molecular flexibility index (Phi) is 3.96. The Morgan fingerprint density at radius 3 is 2.92 bits per heavy atom. The van der Waals surface area contributed by atoms with Crippen molar-refractivity contribution < 1.29 is 4.79 Å². The highest BCUT2D eigenvalue weighted by molar-refractivity contribution is 7.10. The third-order valence-corrected chi connectivity index (χ3v) is 2.67. The number of amides is 1. The first-order chi connectivity index (χ1) is 6.24. The molecule has 0 atom stereocenters. The smallest absolute Gasteiger partial charge is 0.252 e. The maximum Gasteiger partial charge on any atom is 0.252 e. The number of hydrogen-bond acceptors (Lipinski definition) is 2. The lowest BCUT2D eigenvalue weighted by Gasteiger charge is -2.00. The van der Waals surface area contributed by atoms with Crippen LogP contribution >= 0.6 is 11.3 Å². The van der Waals surface area contributed by atoms with Crippen LogP contribution in [0.15, 0.2) is 11.4 Å². The van der Waals surface area contributed by atoms with Crippen molar-refractivity contribution in [1.82, 2.24) is 5.32 Å². The summed E-state index contributed by atoms with van der Waals surface area (Å²) in [6.07, 6.45) is 2.16. The number of unbranched alkanes of at least 4 members (excludes halogenated alkanes) is 1. The number of aryl methyl sites for hydroxylation is 1. The Bertz CT molecular complexity index is 280. The first-order valence-electron chi connectivity index (χ1n) is 4.57. The van der Waals surface area contributed by atoms with Crippen molar-refractivity contribution >= 4 is 17.2 Å². The van der Waals surface area contributed by atoms with Gasteiger partial charge in [-0.15, -0.1) is 11.3 Å². The first-order valence-corrected chi connectivity index (χ1v) is 5.45. The van der Waals surface area contributed by atoms with Crippen molar-refractivity contribution in [3.63, 3.8) is 0 Å². The molecule has 0 fully saturated rings. The molecule has 0 unspecified atom stereocenters. The number of rotatable bonds is 4. The van der Waals surface area contributed by atoms with Crippen LogP contribution in [0.3, 0.4) is 0 Å². The van der Waals surface area contributed by atoms with Gasteiger partial charge in [-0.05, 0) is 19.4 Å². The number of thiophene rings is 1. The Morgan fingerprint density at radius 1 is 1.62 bits per heavy atom. The summed E-state index contributed by atoms with van der Waals surface area (Å²) in [7, 11) is 0. The zero-order chi connectivity index (χ0) is 9.68. The number of hydrogen-bond donors (Lipinski definition) is 1. The minimum Gasteiger partial charge on any atom is -0.352 e. The van der Waals surface area contributed by atoms with Crippen LogP contribution < -0.4 is 5.32 Å². The average molecular weight is 197 g/mol. The first kappa shape index (κ1) is 10.3. The van der Waals surface area contributed by atoms with Gasteiger partial charge in [0, 0.05) is 16.8 Å². The summed E-state index contributed by atoms with van der Waals surface area (Å²) < 4.78 is 0. The molecule has 13 heavy (non-hydrogen) atoms. The van der Waals surface area contributed by atoms with Crippen LogP contribution in [0.25, 0.3) is 0 Å². The van der Waals surface area contributed by atoms with Gasteiger partial charge >= 0.3 is 0 Å². The summed E-state index contributed by atoms with van der Waals surface area (Å²) in [6.45, 7) is 4.90. The molecule has 0 saturated heterocycles. The van der Waals surface area contributed by atoms with E-state index in [4.69, 9.17) is 0 Å². The lowest BCUT2D eigenvalue weighted by Crippen LogP contribution is -2.23. The minimum atomic E-state index is 0.0535. The normalized spacial score (nSPS) is 10.0. The minimum absolute atomic E-state index is 0.0535. The molecule has 0 spiro atoms. The van der Waals surface area contributed by atoms with Gasteiger partial charge in [0.05, 0.1) is 5.56 Å². The molecule has 1 N–H and O–H groups in total. The number of nitrogens with one attached hydrogen (secondary N) is 1. The van der Waals surface area contributed by atoms with Gasteiger partial charge in [0.1, 0.15) is 0 Å². The molecule has 3 heteroatoms. The van der Waals surface area contributed by atoms with Crippen molar-refractivity contribution in [1.29, 1.82) is 0 Å². The molecule has 0 aliphatic heterocycles. The second-order valence-corrected chi connectivity index (χ2v) is 4.17.